The van der Waals surface area contributed by atoms with Crippen molar-refractivity contribution >= 4 is 27.5 Å². The number of benzene rings is 2. The molecule has 0 saturated carbocycles. The SMILES string of the molecule is C[C@@H](NC(=O)c1cc2sccc2n1Cc1ccc(C(F)(F)F)cc1)c1ccccc1. The third kappa shape index (κ3) is 4.11. The predicted octanol–water partition coefficient (Wildman–Crippen LogP) is 6.26. The first kappa shape index (κ1) is 20.2. The lowest BCUT2D eigenvalue weighted by molar-refractivity contribution is -0.137. The second kappa shape index (κ2) is 7.99. The molecule has 0 aliphatic heterocycles. The smallest absolute Gasteiger partial charge is 0.344 e. The number of aromatic nitrogens is 1. The number of nitrogens with zero attached hydrogens (tertiary/aromatic N) is 1. The molecule has 3 nitrogen and oxygen atoms in total. The molecular weight excluding hydrogens is 409 g/mol. The molecule has 7 heteroatoms. The first-order chi connectivity index (χ1) is 14.3. The summed E-state index contributed by atoms with van der Waals surface area (Å²) >= 11 is 1.52. The zero-order valence-electron chi connectivity index (χ0n) is 16.1. The Morgan fingerprint density at radius 2 is 1.77 bits per heavy atom. The number of alkyl halides is 3. The third-order valence-electron chi connectivity index (χ3n) is 5.02. The Morgan fingerprint density at radius 1 is 1.07 bits per heavy atom. The van der Waals surface area contributed by atoms with Crippen molar-refractivity contribution in [2.24, 2.45) is 0 Å². The van der Waals surface area contributed by atoms with E-state index in [4.69, 9.17) is 0 Å². The van der Waals surface area contributed by atoms with Gasteiger partial charge in [-0.3, -0.25) is 4.79 Å². The number of carbonyl (C=O) groups is 1. The van der Waals surface area contributed by atoms with Gasteiger partial charge in [-0.05, 0) is 47.7 Å². The second-order valence-electron chi connectivity index (χ2n) is 7.09. The van der Waals surface area contributed by atoms with Crippen molar-refractivity contribution < 1.29 is 18.0 Å². The molecule has 4 aromatic rings. The minimum absolute atomic E-state index is 0.175. The van der Waals surface area contributed by atoms with Crippen LogP contribution < -0.4 is 5.32 Å². The van der Waals surface area contributed by atoms with E-state index in [-0.39, 0.29) is 11.9 Å². The van der Waals surface area contributed by atoms with Crippen LogP contribution in [0.25, 0.3) is 10.2 Å². The quantitative estimate of drug-likeness (QED) is 0.400. The van der Waals surface area contributed by atoms with Gasteiger partial charge in [-0.25, -0.2) is 0 Å². The van der Waals surface area contributed by atoms with Gasteiger partial charge in [-0.1, -0.05) is 42.5 Å². The van der Waals surface area contributed by atoms with Crippen LogP contribution in [-0.4, -0.2) is 10.5 Å². The van der Waals surface area contributed by atoms with Gasteiger partial charge in [0.25, 0.3) is 5.91 Å². The van der Waals surface area contributed by atoms with Crippen LogP contribution >= 0.6 is 11.3 Å². The molecule has 2 heterocycles. The maximum Gasteiger partial charge on any atom is 0.416 e. The van der Waals surface area contributed by atoms with Crippen LogP contribution in [0.5, 0.6) is 0 Å². The van der Waals surface area contributed by atoms with Gasteiger partial charge in [-0.2, -0.15) is 13.2 Å². The van der Waals surface area contributed by atoms with Crippen LogP contribution in [0.3, 0.4) is 0 Å². The van der Waals surface area contributed by atoms with E-state index in [0.717, 1.165) is 27.9 Å². The van der Waals surface area contributed by atoms with Gasteiger partial charge in [0.1, 0.15) is 5.69 Å². The highest BCUT2D eigenvalue weighted by atomic mass is 32.1. The Balaban J connectivity index is 1.61. The van der Waals surface area contributed by atoms with E-state index in [1.54, 1.807) is 0 Å². The van der Waals surface area contributed by atoms with Gasteiger partial charge >= 0.3 is 6.18 Å². The van der Waals surface area contributed by atoms with Crippen LogP contribution in [0.15, 0.2) is 72.1 Å². The molecule has 0 unspecified atom stereocenters. The molecule has 1 N–H and O–H groups in total. The predicted molar refractivity (Wildman–Crippen MR) is 113 cm³/mol. The standard InChI is InChI=1S/C23H19F3N2OS/c1-15(17-5-3-2-4-6-17)27-22(29)20-13-21-19(11-12-30-21)28(20)14-16-7-9-18(10-8-16)23(24,25)26/h2-13,15H,14H2,1H3,(H,27,29)/t15-/m1/s1. The number of hydrogen-bond acceptors (Lipinski definition) is 2. The monoisotopic (exact) mass is 428 g/mol. The van der Waals surface area contributed by atoms with E-state index in [1.807, 2.05) is 59.3 Å². The number of nitrogens with one attached hydrogen (secondary N) is 1. The first-order valence-corrected chi connectivity index (χ1v) is 10.3. The lowest BCUT2D eigenvalue weighted by Crippen LogP contribution is -2.28. The van der Waals surface area contributed by atoms with Gasteiger partial charge in [0.2, 0.25) is 0 Å². The molecule has 154 valence electrons. The Kier molecular flexibility index (Phi) is 5.39. The molecule has 0 bridgehead atoms. The molecule has 0 spiro atoms. The van der Waals surface area contributed by atoms with Crippen molar-refractivity contribution in [3.8, 4) is 0 Å². The molecule has 0 aliphatic rings. The minimum atomic E-state index is -4.37. The van der Waals surface area contributed by atoms with Gasteiger partial charge in [0, 0.05) is 6.54 Å². The highest BCUT2D eigenvalue weighted by molar-refractivity contribution is 7.17. The molecule has 30 heavy (non-hydrogen) atoms. The molecular formula is C23H19F3N2OS. The van der Waals surface area contributed by atoms with E-state index in [0.29, 0.717) is 17.8 Å². The van der Waals surface area contributed by atoms with Crippen molar-refractivity contribution in [2.45, 2.75) is 25.7 Å². The molecule has 1 amide bonds. The lowest BCUT2D eigenvalue weighted by Gasteiger charge is -2.16. The largest absolute Gasteiger partial charge is 0.416 e. The van der Waals surface area contributed by atoms with E-state index >= 15 is 0 Å². The first-order valence-electron chi connectivity index (χ1n) is 9.41. The van der Waals surface area contributed by atoms with Crippen LogP contribution in [0.4, 0.5) is 13.2 Å². The summed E-state index contributed by atoms with van der Waals surface area (Å²) in [4.78, 5) is 13.0. The van der Waals surface area contributed by atoms with Gasteiger partial charge in [0.05, 0.1) is 21.8 Å². The average molecular weight is 428 g/mol. The van der Waals surface area contributed by atoms with Gasteiger partial charge < -0.3 is 9.88 Å². The number of rotatable bonds is 5. The fourth-order valence-corrected chi connectivity index (χ4v) is 4.24. The Bertz CT molecular complexity index is 1160. The molecule has 2 aromatic carbocycles. The van der Waals surface area contributed by atoms with Crippen molar-refractivity contribution in [3.63, 3.8) is 0 Å². The Hall–Kier alpha value is -3.06. The summed E-state index contributed by atoms with van der Waals surface area (Å²) < 4.78 is 41.3. The van der Waals surface area contributed by atoms with Crippen molar-refractivity contribution in [2.75, 3.05) is 0 Å². The van der Waals surface area contributed by atoms with Gasteiger partial charge in [-0.15, -0.1) is 11.3 Å². The molecule has 2 aromatic heterocycles. The Labute approximate surface area is 175 Å². The van der Waals surface area contributed by atoms with Crippen LogP contribution in [0.1, 0.15) is 40.1 Å². The van der Waals surface area contributed by atoms with Crippen molar-refractivity contribution in [1.29, 1.82) is 0 Å². The van der Waals surface area contributed by atoms with E-state index in [9.17, 15) is 18.0 Å². The number of hydrogen-bond donors (Lipinski definition) is 1. The molecule has 1 atom stereocenters. The van der Waals surface area contributed by atoms with E-state index < -0.39 is 11.7 Å². The highest BCUT2D eigenvalue weighted by Crippen LogP contribution is 2.30. The topological polar surface area (TPSA) is 34.0 Å². The molecule has 4 rings (SSSR count). The maximum absolute atomic E-state index is 13.0. The van der Waals surface area contributed by atoms with Crippen LogP contribution in [0.2, 0.25) is 0 Å². The number of thiophene rings is 1. The second-order valence-corrected chi connectivity index (χ2v) is 8.03. The summed E-state index contributed by atoms with van der Waals surface area (Å²) in [6, 6.07) is 18.3. The summed E-state index contributed by atoms with van der Waals surface area (Å²) in [6.07, 6.45) is -4.37. The highest BCUT2D eigenvalue weighted by Gasteiger charge is 2.30. The number of amides is 1. The average Bonchev–Trinajstić information content (AvgIpc) is 3.31. The lowest BCUT2D eigenvalue weighted by atomic mass is 10.1. The van der Waals surface area contributed by atoms with Crippen LogP contribution in [-0.2, 0) is 12.7 Å². The molecule has 0 aliphatic carbocycles. The summed E-state index contributed by atoms with van der Waals surface area (Å²) in [5, 5.41) is 4.95. The minimum Gasteiger partial charge on any atom is -0.344 e. The number of halogens is 3. The van der Waals surface area contributed by atoms with E-state index in [2.05, 4.69) is 5.32 Å². The van der Waals surface area contributed by atoms with Gasteiger partial charge in [0.15, 0.2) is 0 Å². The number of fused-ring (bicyclic) bond motifs is 1. The number of carbonyl (C=O) groups excluding carboxylic acids is 1. The normalized spacial score (nSPS) is 12.8. The maximum atomic E-state index is 13.0. The molecule has 0 fully saturated rings. The summed E-state index contributed by atoms with van der Waals surface area (Å²) in [5.41, 5.74) is 2.37. The zero-order valence-corrected chi connectivity index (χ0v) is 16.9. The molecule has 0 saturated heterocycles. The summed E-state index contributed by atoms with van der Waals surface area (Å²) in [6.45, 7) is 2.22. The van der Waals surface area contributed by atoms with Crippen LogP contribution in [0, 0.1) is 0 Å². The fourth-order valence-electron chi connectivity index (χ4n) is 3.41. The Morgan fingerprint density at radius 3 is 2.43 bits per heavy atom. The van der Waals surface area contributed by atoms with Crippen molar-refractivity contribution in [3.05, 3.63) is 94.5 Å². The zero-order chi connectivity index (χ0) is 21.3. The molecule has 0 radical (unpaired) electrons. The van der Waals surface area contributed by atoms with E-state index in [1.165, 1.54) is 23.5 Å². The van der Waals surface area contributed by atoms with Crippen molar-refractivity contribution in [1.82, 2.24) is 9.88 Å². The summed E-state index contributed by atoms with van der Waals surface area (Å²) in [7, 11) is 0. The summed E-state index contributed by atoms with van der Waals surface area (Å²) in [5.74, 6) is -0.221. The third-order valence-corrected chi connectivity index (χ3v) is 5.88. The fraction of sp³-hybridized carbons (Fsp3) is 0.174.